The van der Waals surface area contributed by atoms with E-state index in [1.807, 2.05) is 32.9 Å². The van der Waals surface area contributed by atoms with Gasteiger partial charge in [-0.05, 0) is 33.6 Å². The van der Waals surface area contributed by atoms with Crippen molar-refractivity contribution in [3.8, 4) is 11.5 Å². The number of nitrogens with zero attached hydrogens (tertiary/aromatic N) is 1. The number of aromatic nitrogens is 1. The first kappa shape index (κ1) is 28.7. The number of carbonyl (C=O) groups is 1. The number of alkyl carbamates (subject to hydrolysis) is 1. The van der Waals surface area contributed by atoms with E-state index in [0.717, 1.165) is 34.5 Å². The van der Waals surface area contributed by atoms with E-state index < -0.39 is 11.7 Å². The number of nitrogens with one attached hydrogen (secondary N) is 2. The molecular formula is C22H36IN3O5S. The number of fused-ring (bicyclic) bond motifs is 1. The fraction of sp³-hybridized carbons (Fsp3) is 0.636. The van der Waals surface area contributed by atoms with Gasteiger partial charge in [-0.25, -0.2) is 9.78 Å². The molecule has 0 unspecified atom stereocenters. The lowest BCUT2D eigenvalue weighted by molar-refractivity contribution is 0.00844. The summed E-state index contributed by atoms with van der Waals surface area (Å²) in [5.74, 6) is 1.29. The van der Waals surface area contributed by atoms with Crippen LogP contribution in [0, 0.1) is 0 Å². The number of hydrogen-bond donors (Lipinski definition) is 2. The smallest absolute Gasteiger partial charge is 0.408 e. The Kier molecular flexibility index (Phi) is 12.6. The zero-order chi connectivity index (χ0) is 22.9. The van der Waals surface area contributed by atoms with Crippen molar-refractivity contribution in [2.24, 2.45) is 0 Å². The Morgan fingerprint density at radius 3 is 2.50 bits per heavy atom. The lowest BCUT2D eigenvalue weighted by atomic mass is 10.2. The van der Waals surface area contributed by atoms with Crippen molar-refractivity contribution in [2.45, 2.75) is 72.1 Å². The van der Waals surface area contributed by atoms with E-state index in [4.69, 9.17) is 19.0 Å². The number of hydrogen-bond acceptors (Lipinski definition) is 8. The van der Waals surface area contributed by atoms with E-state index in [9.17, 15) is 4.79 Å². The molecule has 1 aromatic carbocycles. The van der Waals surface area contributed by atoms with Crippen LogP contribution in [-0.4, -0.2) is 43.0 Å². The van der Waals surface area contributed by atoms with Gasteiger partial charge in [-0.1, -0.05) is 13.8 Å². The zero-order valence-electron chi connectivity index (χ0n) is 19.8. The maximum Gasteiger partial charge on any atom is 0.408 e. The van der Waals surface area contributed by atoms with E-state index in [-0.39, 0.29) is 24.0 Å². The number of thiazole rings is 1. The number of hydroxylamine groups is 1. The van der Waals surface area contributed by atoms with Crippen molar-refractivity contribution in [3.05, 3.63) is 17.1 Å². The number of methoxy groups -OCH3 is 1. The third-order valence-electron chi connectivity index (χ3n) is 4.38. The second-order valence-corrected chi connectivity index (χ2v) is 9.23. The van der Waals surface area contributed by atoms with E-state index >= 15 is 0 Å². The molecule has 1 aromatic heterocycles. The number of benzene rings is 1. The third-order valence-corrected chi connectivity index (χ3v) is 5.40. The standard InChI is InChI=1S/C22H35N3O5S.HI/c1-7-15(8-2)25-29-11-9-10-28-18-12-16-19(13-17(18)27-6)31-20(24-16)14-23-21(26)30-22(3,4)5;/h12-13,15,25H,7-11,14H2,1-6H3,(H,23,26);1H. The molecule has 10 heteroatoms. The number of carbonyl (C=O) groups excluding carboxylic acids is 1. The van der Waals surface area contributed by atoms with Gasteiger partial charge in [0.15, 0.2) is 11.5 Å². The third kappa shape index (κ3) is 9.63. The summed E-state index contributed by atoms with van der Waals surface area (Å²) < 4.78 is 17.6. The van der Waals surface area contributed by atoms with Crippen LogP contribution in [0.5, 0.6) is 11.5 Å². The molecule has 0 aliphatic heterocycles. The Labute approximate surface area is 211 Å². The summed E-state index contributed by atoms with van der Waals surface area (Å²) in [6.07, 6.45) is 2.35. The molecule has 0 atom stereocenters. The first-order valence-electron chi connectivity index (χ1n) is 10.7. The minimum Gasteiger partial charge on any atom is -0.493 e. The molecule has 32 heavy (non-hydrogen) atoms. The predicted molar refractivity (Wildman–Crippen MR) is 138 cm³/mol. The van der Waals surface area contributed by atoms with Gasteiger partial charge in [-0.15, -0.1) is 35.3 Å². The monoisotopic (exact) mass is 581 g/mol. The molecule has 0 spiro atoms. The molecule has 0 saturated heterocycles. The highest BCUT2D eigenvalue weighted by molar-refractivity contribution is 14.0. The molecule has 2 N–H and O–H groups in total. The average Bonchev–Trinajstić information content (AvgIpc) is 3.11. The van der Waals surface area contributed by atoms with Crippen LogP contribution in [0.3, 0.4) is 0 Å². The van der Waals surface area contributed by atoms with E-state index in [1.165, 1.54) is 11.3 Å². The van der Waals surface area contributed by atoms with E-state index in [2.05, 4.69) is 29.6 Å². The van der Waals surface area contributed by atoms with Crippen LogP contribution in [0.1, 0.15) is 58.9 Å². The van der Waals surface area contributed by atoms with Crippen LogP contribution in [0.4, 0.5) is 4.79 Å². The summed E-state index contributed by atoms with van der Waals surface area (Å²) in [7, 11) is 1.61. The van der Waals surface area contributed by atoms with Gasteiger partial charge in [0.1, 0.15) is 10.6 Å². The Hall–Kier alpha value is -1.37. The molecule has 0 radical (unpaired) electrons. The Bertz CT molecular complexity index is 837. The second kappa shape index (κ2) is 14.0. The Morgan fingerprint density at radius 1 is 1.16 bits per heavy atom. The van der Waals surface area contributed by atoms with Crippen molar-refractivity contribution in [2.75, 3.05) is 20.3 Å². The van der Waals surface area contributed by atoms with Crippen molar-refractivity contribution >= 4 is 51.6 Å². The van der Waals surface area contributed by atoms with E-state index in [0.29, 0.717) is 37.3 Å². The highest BCUT2D eigenvalue weighted by Gasteiger charge is 2.17. The van der Waals surface area contributed by atoms with Crippen LogP contribution >= 0.6 is 35.3 Å². The molecule has 0 saturated carbocycles. The zero-order valence-corrected chi connectivity index (χ0v) is 22.9. The average molecular weight is 582 g/mol. The summed E-state index contributed by atoms with van der Waals surface area (Å²) in [5.41, 5.74) is 3.34. The van der Waals surface area contributed by atoms with Gasteiger partial charge in [0, 0.05) is 24.6 Å². The fourth-order valence-electron chi connectivity index (χ4n) is 2.74. The van der Waals surface area contributed by atoms with Crippen molar-refractivity contribution in [1.29, 1.82) is 0 Å². The van der Waals surface area contributed by atoms with Crippen molar-refractivity contribution < 1.29 is 23.8 Å². The van der Waals surface area contributed by atoms with Gasteiger partial charge < -0.3 is 24.4 Å². The number of halogens is 1. The van der Waals surface area contributed by atoms with Gasteiger partial charge >= 0.3 is 6.09 Å². The van der Waals surface area contributed by atoms with Gasteiger partial charge in [-0.3, -0.25) is 0 Å². The van der Waals surface area contributed by atoms with Crippen molar-refractivity contribution in [1.82, 2.24) is 15.8 Å². The summed E-state index contributed by atoms with van der Waals surface area (Å²) in [6.45, 7) is 11.1. The van der Waals surface area contributed by atoms with Gasteiger partial charge in [0.2, 0.25) is 0 Å². The second-order valence-electron chi connectivity index (χ2n) is 8.12. The maximum absolute atomic E-state index is 11.9. The van der Waals surface area contributed by atoms with E-state index in [1.54, 1.807) is 7.11 Å². The molecule has 0 fully saturated rings. The largest absolute Gasteiger partial charge is 0.493 e. The quantitative estimate of drug-likeness (QED) is 0.196. The van der Waals surface area contributed by atoms with Crippen LogP contribution in [0.25, 0.3) is 10.2 Å². The van der Waals surface area contributed by atoms with Crippen molar-refractivity contribution in [3.63, 3.8) is 0 Å². The summed E-state index contributed by atoms with van der Waals surface area (Å²) in [4.78, 5) is 22.0. The Balaban J connectivity index is 0.00000512. The number of ether oxygens (including phenoxy) is 3. The molecule has 2 aromatic rings. The highest BCUT2D eigenvalue weighted by Crippen LogP contribution is 2.35. The van der Waals surface area contributed by atoms with Gasteiger partial charge in [-0.2, -0.15) is 5.48 Å². The molecule has 0 aliphatic rings. The van der Waals surface area contributed by atoms with Crippen LogP contribution in [0.15, 0.2) is 12.1 Å². The molecule has 0 aliphatic carbocycles. The minimum atomic E-state index is -0.536. The first-order valence-corrected chi connectivity index (χ1v) is 11.5. The Morgan fingerprint density at radius 2 is 1.88 bits per heavy atom. The molecule has 1 heterocycles. The van der Waals surface area contributed by atoms with Crippen LogP contribution < -0.4 is 20.3 Å². The summed E-state index contributed by atoms with van der Waals surface area (Å²) >= 11 is 1.49. The van der Waals surface area contributed by atoms with Gasteiger partial charge in [0.25, 0.3) is 0 Å². The normalized spacial score (nSPS) is 11.3. The molecule has 1 amide bonds. The fourth-order valence-corrected chi connectivity index (χ4v) is 3.66. The first-order chi connectivity index (χ1) is 14.8. The van der Waals surface area contributed by atoms with Crippen LogP contribution in [0.2, 0.25) is 0 Å². The molecule has 8 nitrogen and oxygen atoms in total. The highest BCUT2D eigenvalue weighted by atomic mass is 127. The number of amides is 1. The lowest BCUT2D eigenvalue weighted by Crippen LogP contribution is -2.32. The lowest BCUT2D eigenvalue weighted by Gasteiger charge is -2.19. The minimum absolute atomic E-state index is 0. The van der Waals surface area contributed by atoms with Crippen LogP contribution in [-0.2, 0) is 16.1 Å². The topological polar surface area (TPSA) is 90.9 Å². The number of rotatable bonds is 12. The predicted octanol–water partition coefficient (Wildman–Crippen LogP) is 5.43. The molecule has 182 valence electrons. The SMILES string of the molecule is CCC(CC)NOCCCOc1cc2nc(CNC(=O)OC(C)(C)C)sc2cc1OC.I. The summed E-state index contributed by atoms with van der Waals surface area (Å²) in [6, 6.07) is 4.15. The molecular weight excluding hydrogens is 545 g/mol. The summed E-state index contributed by atoms with van der Waals surface area (Å²) in [5, 5.41) is 3.51. The molecule has 2 rings (SSSR count). The van der Waals surface area contributed by atoms with Gasteiger partial charge in [0.05, 0.1) is 37.1 Å². The maximum atomic E-state index is 11.9. The molecule has 0 bridgehead atoms.